The monoisotopic (exact) mass is 263 g/mol. The van der Waals surface area contributed by atoms with E-state index in [1.165, 1.54) is 13.2 Å². The molecule has 1 aliphatic carbocycles. The normalized spacial score (nSPS) is 19.6. The fourth-order valence-corrected chi connectivity index (χ4v) is 2.07. The van der Waals surface area contributed by atoms with Gasteiger partial charge in [0.2, 0.25) is 5.91 Å². The molecule has 1 saturated carbocycles. The predicted molar refractivity (Wildman–Crippen MR) is 70.5 cm³/mol. The van der Waals surface area contributed by atoms with Gasteiger partial charge in [-0.15, -0.1) is 0 Å². The molecule has 2 rings (SSSR count). The number of ether oxygens (including phenoxy) is 1. The fraction of sp³-hybridized carbons (Fsp3) is 0.429. The Labute approximate surface area is 111 Å². The molecule has 1 amide bonds. The standard InChI is InChI=1S/C14H17NO4/c1-14(2)7-10(14)12(16)15-11-5-4-8(19-3)6-9(11)13(17)18/h4-6,10H,7H2,1-3H3,(H,15,16)(H,17,18). The predicted octanol–water partition coefficient (Wildman–Crippen LogP) is 2.38. The van der Waals surface area contributed by atoms with Crippen molar-refractivity contribution in [2.45, 2.75) is 20.3 Å². The van der Waals surface area contributed by atoms with Crippen molar-refractivity contribution in [2.24, 2.45) is 11.3 Å². The van der Waals surface area contributed by atoms with E-state index in [0.29, 0.717) is 11.4 Å². The van der Waals surface area contributed by atoms with E-state index in [9.17, 15) is 9.59 Å². The number of amides is 1. The number of hydrogen-bond acceptors (Lipinski definition) is 3. The van der Waals surface area contributed by atoms with Gasteiger partial charge >= 0.3 is 5.97 Å². The summed E-state index contributed by atoms with van der Waals surface area (Å²) in [5.41, 5.74) is 0.354. The summed E-state index contributed by atoms with van der Waals surface area (Å²) >= 11 is 0. The van der Waals surface area contributed by atoms with Crippen molar-refractivity contribution in [1.82, 2.24) is 0 Å². The van der Waals surface area contributed by atoms with E-state index in [4.69, 9.17) is 9.84 Å². The highest BCUT2D eigenvalue weighted by Gasteiger charge is 2.50. The number of anilines is 1. The van der Waals surface area contributed by atoms with Crippen LogP contribution in [-0.4, -0.2) is 24.1 Å². The van der Waals surface area contributed by atoms with Crippen LogP contribution in [0, 0.1) is 11.3 Å². The van der Waals surface area contributed by atoms with Gasteiger partial charge in [-0.05, 0) is 30.0 Å². The topological polar surface area (TPSA) is 75.6 Å². The van der Waals surface area contributed by atoms with Crippen molar-refractivity contribution in [2.75, 3.05) is 12.4 Å². The van der Waals surface area contributed by atoms with E-state index in [1.807, 2.05) is 13.8 Å². The lowest BCUT2D eigenvalue weighted by molar-refractivity contribution is -0.118. The maximum absolute atomic E-state index is 12.0. The third-order valence-electron chi connectivity index (χ3n) is 3.54. The van der Waals surface area contributed by atoms with Crippen LogP contribution >= 0.6 is 0 Å². The van der Waals surface area contributed by atoms with E-state index in [2.05, 4.69) is 5.32 Å². The second-order valence-electron chi connectivity index (χ2n) is 5.45. The Morgan fingerprint density at radius 3 is 2.53 bits per heavy atom. The molecule has 5 nitrogen and oxygen atoms in total. The van der Waals surface area contributed by atoms with Gasteiger partial charge < -0.3 is 15.2 Å². The van der Waals surface area contributed by atoms with E-state index in [0.717, 1.165) is 6.42 Å². The smallest absolute Gasteiger partial charge is 0.337 e. The average Bonchev–Trinajstić information content (AvgIpc) is 2.99. The molecule has 1 fully saturated rings. The minimum Gasteiger partial charge on any atom is -0.497 e. The number of carboxylic acids is 1. The van der Waals surface area contributed by atoms with Crippen molar-refractivity contribution < 1.29 is 19.4 Å². The van der Waals surface area contributed by atoms with E-state index < -0.39 is 5.97 Å². The molecule has 0 saturated heterocycles. The van der Waals surface area contributed by atoms with Crippen LogP contribution in [0.15, 0.2) is 18.2 Å². The zero-order valence-corrected chi connectivity index (χ0v) is 11.2. The van der Waals surface area contributed by atoms with Gasteiger partial charge in [0.05, 0.1) is 18.4 Å². The first-order valence-electron chi connectivity index (χ1n) is 6.07. The van der Waals surface area contributed by atoms with Crippen molar-refractivity contribution in [3.8, 4) is 5.75 Å². The molecule has 1 aromatic carbocycles. The van der Waals surface area contributed by atoms with Gasteiger partial charge in [0.15, 0.2) is 0 Å². The van der Waals surface area contributed by atoms with Gasteiger partial charge in [-0.1, -0.05) is 13.8 Å². The van der Waals surface area contributed by atoms with E-state index >= 15 is 0 Å². The Balaban J connectivity index is 2.20. The third-order valence-corrected chi connectivity index (χ3v) is 3.54. The van der Waals surface area contributed by atoms with Crippen LogP contribution in [0.5, 0.6) is 5.75 Å². The summed E-state index contributed by atoms with van der Waals surface area (Å²) in [6.07, 6.45) is 0.831. The third kappa shape index (κ3) is 2.70. The largest absolute Gasteiger partial charge is 0.497 e. The van der Waals surface area contributed by atoms with Gasteiger partial charge in [0.25, 0.3) is 0 Å². The SMILES string of the molecule is COc1ccc(NC(=O)C2CC2(C)C)c(C(=O)O)c1. The van der Waals surface area contributed by atoms with Gasteiger partial charge in [0, 0.05) is 5.92 Å². The molecule has 0 aliphatic heterocycles. The summed E-state index contributed by atoms with van der Waals surface area (Å²) in [6, 6.07) is 4.58. The first kappa shape index (κ1) is 13.4. The summed E-state index contributed by atoms with van der Waals surface area (Å²) < 4.78 is 4.98. The Morgan fingerprint density at radius 2 is 2.05 bits per heavy atom. The molecule has 102 valence electrons. The molecule has 1 unspecified atom stereocenters. The lowest BCUT2D eigenvalue weighted by atomic mass is 10.1. The minimum absolute atomic E-state index is 0.0138. The van der Waals surface area contributed by atoms with Crippen LogP contribution in [0.2, 0.25) is 0 Å². The Hall–Kier alpha value is -2.04. The molecule has 19 heavy (non-hydrogen) atoms. The lowest BCUT2D eigenvalue weighted by Crippen LogP contribution is -2.18. The number of carboxylic acid groups (broad SMARTS) is 1. The number of hydrogen-bond donors (Lipinski definition) is 2. The average molecular weight is 263 g/mol. The quantitative estimate of drug-likeness (QED) is 0.874. The molecular formula is C14H17NO4. The molecule has 0 bridgehead atoms. The van der Waals surface area contributed by atoms with Crippen molar-refractivity contribution in [3.63, 3.8) is 0 Å². The highest BCUT2D eigenvalue weighted by Crippen LogP contribution is 2.52. The number of rotatable bonds is 4. The molecule has 0 spiro atoms. The van der Waals surface area contributed by atoms with Crippen molar-refractivity contribution >= 4 is 17.6 Å². The maximum Gasteiger partial charge on any atom is 0.337 e. The summed E-state index contributed by atoms with van der Waals surface area (Å²) in [6.45, 7) is 4.03. The van der Waals surface area contributed by atoms with E-state index in [1.54, 1.807) is 12.1 Å². The number of benzene rings is 1. The Kier molecular flexibility index (Phi) is 3.22. The maximum atomic E-state index is 12.0. The molecule has 1 aliphatic rings. The second kappa shape index (κ2) is 4.57. The highest BCUT2D eigenvalue weighted by molar-refractivity contribution is 6.02. The molecular weight excluding hydrogens is 246 g/mol. The number of carbonyl (C=O) groups is 2. The second-order valence-corrected chi connectivity index (χ2v) is 5.45. The Morgan fingerprint density at radius 1 is 1.42 bits per heavy atom. The molecule has 0 aromatic heterocycles. The lowest BCUT2D eigenvalue weighted by Gasteiger charge is -2.10. The van der Waals surface area contributed by atoms with Gasteiger partial charge in [-0.25, -0.2) is 4.79 Å². The van der Waals surface area contributed by atoms with Crippen LogP contribution in [-0.2, 0) is 4.79 Å². The number of aromatic carboxylic acids is 1. The van der Waals surface area contributed by atoms with Gasteiger partial charge in [-0.2, -0.15) is 0 Å². The Bertz CT molecular complexity index is 536. The molecule has 1 atom stereocenters. The zero-order chi connectivity index (χ0) is 14.2. The first-order valence-corrected chi connectivity index (χ1v) is 6.07. The van der Waals surface area contributed by atoms with Crippen molar-refractivity contribution in [1.29, 1.82) is 0 Å². The van der Waals surface area contributed by atoms with Crippen LogP contribution in [0.3, 0.4) is 0 Å². The fourth-order valence-electron chi connectivity index (χ4n) is 2.07. The zero-order valence-electron chi connectivity index (χ0n) is 11.2. The molecule has 0 heterocycles. The molecule has 1 aromatic rings. The summed E-state index contributed by atoms with van der Waals surface area (Å²) in [4.78, 5) is 23.2. The van der Waals surface area contributed by atoms with Crippen molar-refractivity contribution in [3.05, 3.63) is 23.8 Å². The minimum atomic E-state index is -1.09. The summed E-state index contributed by atoms with van der Waals surface area (Å²) in [5, 5.41) is 11.8. The molecule has 2 N–H and O–H groups in total. The number of nitrogens with one attached hydrogen (secondary N) is 1. The van der Waals surface area contributed by atoms with E-state index in [-0.39, 0.29) is 22.8 Å². The van der Waals surface area contributed by atoms with Gasteiger partial charge in [-0.3, -0.25) is 4.79 Å². The van der Waals surface area contributed by atoms with Crippen LogP contribution in [0.25, 0.3) is 0 Å². The number of methoxy groups -OCH3 is 1. The summed E-state index contributed by atoms with van der Waals surface area (Å²) in [7, 11) is 1.46. The van der Waals surface area contributed by atoms with Crippen LogP contribution < -0.4 is 10.1 Å². The van der Waals surface area contributed by atoms with Crippen LogP contribution in [0.4, 0.5) is 5.69 Å². The first-order chi connectivity index (χ1) is 8.85. The number of carbonyl (C=O) groups excluding carboxylic acids is 1. The highest BCUT2D eigenvalue weighted by atomic mass is 16.5. The van der Waals surface area contributed by atoms with Crippen LogP contribution in [0.1, 0.15) is 30.6 Å². The summed E-state index contributed by atoms with van der Waals surface area (Å²) in [5.74, 6) is -0.819. The molecule has 5 heteroatoms. The van der Waals surface area contributed by atoms with Gasteiger partial charge in [0.1, 0.15) is 5.75 Å². The molecule has 0 radical (unpaired) electrons.